The summed E-state index contributed by atoms with van der Waals surface area (Å²) in [6.45, 7) is 1.51. The fourth-order valence-electron chi connectivity index (χ4n) is 2.60. The number of rotatable bonds is 3. The first-order valence-electron chi connectivity index (χ1n) is 6.70. The number of carbonyl (C=O) groups excluding carboxylic acids is 1. The van der Waals surface area contributed by atoms with E-state index >= 15 is 0 Å². The van der Waals surface area contributed by atoms with Crippen LogP contribution in [0.25, 0.3) is 0 Å². The van der Waals surface area contributed by atoms with Gasteiger partial charge in [-0.15, -0.1) is 0 Å². The summed E-state index contributed by atoms with van der Waals surface area (Å²) < 4.78 is 0. The van der Waals surface area contributed by atoms with Gasteiger partial charge in [0.1, 0.15) is 11.8 Å². The van der Waals surface area contributed by atoms with E-state index in [2.05, 4.69) is 4.90 Å². The monoisotopic (exact) mass is 273 g/mol. The van der Waals surface area contributed by atoms with Crippen molar-refractivity contribution in [2.75, 3.05) is 20.6 Å². The predicted molar refractivity (Wildman–Crippen MR) is 74.9 cm³/mol. The number of carbonyl (C=O) groups is 1. The minimum atomic E-state index is -0.0793. The fraction of sp³-hybridized carbons (Fsp3) is 0.467. The van der Waals surface area contributed by atoms with Crippen LogP contribution in [0.1, 0.15) is 24.0 Å². The Kier molecular flexibility index (Phi) is 4.26. The summed E-state index contributed by atoms with van der Waals surface area (Å²) in [6, 6.07) is 6.91. The van der Waals surface area contributed by atoms with Gasteiger partial charge in [0, 0.05) is 20.6 Å². The Morgan fingerprint density at radius 3 is 2.95 bits per heavy atom. The molecule has 0 radical (unpaired) electrons. The van der Waals surface area contributed by atoms with Crippen LogP contribution in [0, 0.1) is 11.3 Å². The van der Waals surface area contributed by atoms with E-state index in [1.807, 2.05) is 6.07 Å². The highest BCUT2D eigenvalue weighted by molar-refractivity contribution is 5.81. The first-order valence-corrected chi connectivity index (χ1v) is 6.70. The molecule has 20 heavy (non-hydrogen) atoms. The number of likely N-dealkylation sites (tertiary alicyclic amines) is 1. The van der Waals surface area contributed by atoms with Crippen LogP contribution < -0.4 is 0 Å². The van der Waals surface area contributed by atoms with Crippen LogP contribution in [-0.2, 0) is 11.3 Å². The number of benzene rings is 1. The average Bonchev–Trinajstić information content (AvgIpc) is 2.88. The second kappa shape index (κ2) is 5.93. The summed E-state index contributed by atoms with van der Waals surface area (Å²) >= 11 is 0. The van der Waals surface area contributed by atoms with Crippen molar-refractivity contribution in [2.24, 2.45) is 0 Å². The molecule has 0 aromatic heterocycles. The van der Waals surface area contributed by atoms with Gasteiger partial charge >= 0.3 is 0 Å². The van der Waals surface area contributed by atoms with Crippen LogP contribution in [0.15, 0.2) is 18.2 Å². The molecule has 1 saturated heterocycles. The third-order valence-electron chi connectivity index (χ3n) is 3.66. The summed E-state index contributed by atoms with van der Waals surface area (Å²) in [6.07, 6.45) is 1.88. The zero-order valence-electron chi connectivity index (χ0n) is 11.8. The van der Waals surface area contributed by atoms with Gasteiger partial charge in [-0.25, -0.2) is 0 Å². The molecule has 2 rings (SSSR count). The van der Waals surface area contributed by atoms with E-state index in [0.717, 1.165) is 24.9 Å². The molecular weight excluding hydrogens is 254 g/mol. The van der Waals surface area contributed by atoms with E-state index in [4.69, 9.17) is 5.26 Å². The first-order chi connectivity index (χ1) is 9.52. The summed E-state index contributed by atoms with van der Waals surface area (Å²) in [4.78, 5) is 15.9. The molecule has 1 fully saturated rings. The Morgan fingerprint density at radius 1 is 1.55 bits per heavy atom. The van der Waals surface area contributed by atoms with Crippen LogP contribution in [-0.4, -0.2) is 47.5 Å². The standard InChI is InChI=1S/C15H19N3O2/c1-17(2)15(20)13-4-3-7-18(13)10-11-5-6-14(19)12(8-11)9-16/h5-6,8,13,19H,3-4,7,10H2,1-2H3/t13-/m1/s1. The quantitative estimate of drug-likeness (QED) is 0.902. The number of likely N-dealkylation sites (N-methyl/N-ethyl adjacent to an activating group) is 1. The Hall–Kier alpha value is -2.06. The molecule has 0 bridgehead atoms. The van der Waals surface area contributed by atoms with Crippen LogP contribution in [0.3, 0.4) is 0 Å². The lowest BCUT2D eigenvalue weighted by atomic mass is 10.1. The van der Waals surface area contributed by atoms with Crippen molar-refractivity contribution in [3.63, 3.8) is 0 Å². The molecule has 1 N–H and O–H groups in total. The van der Waals surface area contributed by atoms with Gasteiger partial charge in [0.05, 0.1) is 11.6 Å². The molecule has 0 saturated carbocycles. The maximum Gasteiger partial charge on any atom is 0.239 e. The lowest BCUT2D eigenvalue weighted by Crippen LogP contribution is -2.42. The highest BCUT2D eigenvalue weighted by Gasteiger charge is 2.31. The van der Waals surface area contributed by atoms with Crippen LogP contribution in [0.4, 0.5) is 0 Å². The molecule has 1 aliphatic heterocycles. The molecule has 0 aliphatic carbocycles. The smallest absolute Gasteiger partial charge is 0.239 e. The lowest BCUT2D eigenvalue weighted by molar-refractivity contribution is -0.133. The molecule has 1 amide bonds. The van der Waals surface area contributed by atoms with E-state index in [1.54, 1.807) is 31.1 Å². The van der Waals surface area contributed by atoms with Crippen molar-refractivity contribution in [1.29, 1.82) is 5.26 Å². The van der Waals surface area contributed by atoms with E-state index in [1.165, 1.54) is 6.07 Å². The number of phenols is 1. The number of nitrogens with zero attached hydrogens (tertiary/aromatic N) is 3. The molecule has 0 spiro atoms. The zero-order valence-corrected chi connectivity index (χ0v) is 11.8. The molecule has 1 atom stereocenters. The fourth-order valence-corrected chi connectivity index (χ4v) is 2.60. The molecule has 0 unspecified atom stereocenters. The van der Waals surface area contributed by atoms with E-state index in [-0.39, 0.29) is 23.3 Å². The van der Waals surface area contributed by atoms with Gasteiger partial charge < -0.3 is 10.0 Å². The molecule has 5 heteroatoms. The van der Waals surface area contributed by atoms with Crippen LogP contribution >= 0.6 is 0 Å². The Bertz CT molecular complexity index is 549. The molecule has 1 heterocycles. The summed E-state index contributed by atoms with van der Waals surface area (Å²) in [5, 5.41) is 18.4. The average molecular weight is 273 g/mol. The Morgan fingerprint density at radius 2 is 2.30 bits per heavy atom. The third kappa shape index (κ3) is 2.91. The molecule has 5 nitrogen and oxygen atoms in total. The van der Waals surface area contributed by atoms with Gasteiger partial charge in [-0.2, -0.15) is 5.26 Å². The van der Waals surface area contributed by atoms with Crippen LogP contribution in [0.5, 0.6) is 5.75 Å². The summed E-state index contributed by atoms with van der Waals surface area (Å²) in [5.74, 6) is 0.125. The molecule has 1 aromatic carbocycles. The number of nitriles is 1. The number of amides is 1. The SMILES string of the molecule is CN(C)C(=O)[C@H]1CCCN1Cc1ccc(O)c(C#N)c1. The molecule has 1 aromatic rings. The summed E-state index contributed by atoms with van der Waals surface area (Å²) in [7, 11) is 3.54. The normalized spacial score (nSPS) is 18.8. The molecular formula is C15H19N3O2. The number of aromatic hydroxyl groups is 1. The van der Waals surface area contributed by atoms with Crippen molar-refractivity contribution in [3.05, 3.63) is 29.3 Å². The third-order valence-corrected chi connectivity index (χ3v) is 3.66. The second-order valence-electron chi connectivity index (χ2n) is 5.32. The van der Waals surface area contributed by atoms with Crippen molar-refractivity contribution in [3.8, 4) is 11.8 Å². The second-order valence-corrected chi connectivity index (χ2v) is 5.32. The van der Waals surface area contributed by atoms with Crippen LogP contribution in [0.2, 0.25) is 0 Å². The van der Waals surface area contributed by atoms with E-state index in [9.17, 15) is 9.90 Å². The predicted octanol–water partition coefficient (Wildman–Crippen LogP) is 1.32. The summed E-state index contributed by atoms with van der Waals surface area (Å²) in [5.41, 5.74) is 1.22. The highest BCUT2D eigenvalue weighted by Crippen LogP contribution is 2.23. The minimum Gasteiger partial charge on any atom is -0.507 e. The topological polar surface area (TPSA) is 67.6 Å². The van der Waals surface area contributed by atoms with Gasteiger partial charge in [-0.3, -0.25) is 9.69 Å². The Balaban J connectivity index is 2.13. The van der Waals surface area contributed by atoms with E-state index < -0.39 is 0 Å². The lowest BCUT2D eigenvalue weighted by Gasteiger charge is -2.26. The van der Waals surface area contributed by atoms with Crippen molar-refractivity contribution >= 4 is 5.91 Å². The van der Waals surface area contributed by atoms with Gasteiger partial charge in [0.15, 0.2) is 0 Å². The van der Waals surface area contributed by atoms with Gasteiger partial charge in [0.25, 0.3) is 0 Å². The van der Waals surface area contributed by atoms with Crippen molar-refractivity contribution in [2.45, 2.75) is 25.4 Å². The van der Waals surface area contributed by atoms with E-state index in [0.29, 0.717) is 6.54 Å². The molecule has 106 valence electrons. The largest absolute Gasteiger partial charge is 0.507 e. The van der Waals surface area contributed by atoms with Gasteiger partial charge in [-0.05, 0) is 37.1 Å². The van der Waals surface area contributed by atoms with Crippen molar-refractivity contribution < 1.29 is 9.90 Å². The minimum absolute atomic E-state index is 0.00131. The number of hydrogen-bond acceptors (Lipinski definition) is 4. The van der Waals surface area contributed by atoms with Crippen molar-refractivity contribution in [1.82, 2.24) is 9.80 Å². The van der Waals surface area contributed by atoms with Gasteiger partial charge in [0.2, 0.25) is 5.91 Å². The van der Waals surface area contributed by atoms with Gasteiger partial charge in [-0.1, -0.05) is 6.07 Å². The zero-order chi connectivity index (χ0) is 14.7. The maximum atomic E-state index is 12.1. The maximum absolute atomic E-state index is 12.1. The highest BCUT2D eigenvalue weighted by atomic mass is 16.3. The number of phenolic OH excluding ortho intramolecular Hbond substituents is 1. The Labute approximate surface area is 119 Å². The molecule has 1 aliphatic rings. The first kappa shape index (κ1) is 14.4. The number of hydrogen-bond donors (Lipinski definition) is 1.